The fraction of sp³-hybridized carbons (Fsp3) is 0.429. The number of anilines is 1. The Morgan fingerprint density at radius 3 is 2.40 bits per heavy atom. The van der Waals surface area contributed by atoms with Crippen LogP contribution in [0.4, 0.5) is 5.69 Å². The lowest BCUT2D eigenvalue weighted by molar-refractivity contribution is -0.138. The van der Waals surface area contributed by atoms with E-state index >= 15 is 0 Å². The topological polar surface area (TPSA) is 92.4 Å². The number of carboxylic acids is 1. The first-order valence-electron chi connectivity index (χ1n) is 6.18. The van der Waals surface area contributed by atoms with E-state index in [2.05, 4.69) is 5.32 Å². The Bertz CT molecular complexity index is 503. The number of hydrogen-bond acceptors (Lipinski definition) is 3. The molecule has 1 aromatic carbocycles. The number of halogens is 1. The van der Waals surface area contributed by atoms with Crippen LogP contribution < -0.4 is 11.1 Å². The van der Waals surface area contributed by atoms with Crippen molar-refractivity contribution in [3.63, 3.8) is 0 Å². The highest BCUT2D eigenvalue weighted by Crippen LogP contribution is 2.23. The van der Waals surface area contributed by atoms with Gasteiger partial charge in [0, 0.05) is 22.3 Å². The number of carbonyl (C=O) groups excluding carboxylic acids is 1. The molecule has 1 aromatic rings. The van der Waals surface area contributed by atoms with Crippen LogP contribution in [0.2, 0.25) is 5.02 Å². The number of nitrogens with two attached hydrogens (primary N) is 1. The molecular weight excluding hydrogens is 280 g/mol. The molecular formula is C14H19ClN2O3. The molecule has 0 aliphatic rings. The van der Waals surface area contributed by atoms with Gasteiger partial charge >= 0.3 is 5.97 Å². The highest BCUT2D eigenvalue weighted by atomic mass is 35.5. The zero-order chi connectivity index (χ0) is 15.5. The molecule has 1 rings (SSSR count). The van der Waals surface area contributed by atoms with Crippen molar-refractivity contribution in [2.24, 2.45) is 5.41 Å². The molecule has 1 atom stereocenters. The van der Waals surface area contributed by atoms with E-state index in [4.69, 9.17) is 22.4 Å². The number of carbonyl (C=O) groups is 2. The van der Waals surface area contributed by atoms with Crippen molar-refractivity contribution in [3.05, 3.63) is 28.8 Å². The molecule has 0 aliphatic carbocycles. The fourth-order valence-corrected chi connectivity index (χ4v) is 1.98. The molecule has 0 radical (unpaired) electrons. The Kier molecular flexibility index (Phi) is 5.00. The molecule has 110 valence electrons. The van der Waals surface area contributed by atoms with Crippen molar-refractivity contribution in [1.29, 1.82) is 0 Å². The summed E-state index contributed by atoms with van der Waals surface area (Å²) in [5, 5.41) is 12.0. The molecule has 0 saturated carbocycles. The minimum atomic E-state index is -0.962. The van der Waals surface area contributed by atoms with Gasteiger partial charge in [0.2, 0.25) is 0 Å². The monoisotopic (exact) mass is 298 g/mol. The van der Waals surface area contributed by atoms with Crippen LogP contribution in [0, 0.1) is 5.41 Å². The molecule has 1 unspecified atom stereocenters. The van der Waals surface area contributed by atoms with Crippen molar-refractivity contribution in [2.45, 2.75) is 33.2 Å². The van der Waals surface area contributed by atoms with Crippen molar-refractivity contribution in [3.8, 4) is 0 Å². The highest BCUT2D eigenvalue weighted by Gasteiger charge is 2.28. The van der Waals surface area contributed by atoms with Crippen molar-refractivity contribution in [1.82, 2.24) is 5.32 Å². The molecule has 5 nitrogen and oxygen atoms in total. The minimum Gasteiger partial charge on any atom is -0.481 e. The fourth-order valence-electron chi connectivity index (χ4n) is 1.73. The number of benzene rings is 1. The van der Waals surface area contributed by atoms with Gasteiger partial charge < -0.3 is 16.2 Å². The molecule has 0 aliphatic heterocycles. The van der Waals surface area contributed by atoms with E-state index in [1.54, 1.807) is 0 Å². The molecule has 0 aromatic heterocycles. The summed E-state index contributed by atoms with van der Waals surface area (Å²) in [5.41, 5.74) is 5.96. The smallest absolute Gasteiger partial charge is 0.305 e. The molecule has 0 fully saturated rings. The summed E-state index contributed by atoms with van der Waals surface area (Å²) in [6, 6.07) is 4.04. The maximum atomic E-state index is 12.2. The summed E-state index contributed by atoms with van der Waals surface area (Å²) in [6.07, 6.45) is -0.148. The number of rotatable bonds is 4. The van der Waals surface area contributed by atoms with E-state index in [9.17, 15) is 9.59 Å². The number of nitrogens with one attached hydrogen (secondary N) is 1. The van der Waals surface area contributed by atoms with Crippen LogP contribution in [0.1, 0.15) is 37.6 Å². The maximum absolute atomic E-state index is 12.2. The quantitative estimate of drug-likeness (QED) is 0.745. The van der Waals surface area contributed by atoms with E-state index in [1.165, 1.54) is 18.2 Å². The summed E-state index contributed by atoms with van der Waals surface area (Å²) in [5.74, 6) is -1.35. The van der Waals surface area contributed by atoms with Gasteiger partial charge in [0.25, 0.3) is 5.91 Å². The van der Waals surface area contributed by atoms with Gasteiger partial charge in [-0.3, -0.25) is 9.59 Å². The predicted octanol–water partition coefficient (Wildman–Crippen LogP) is 2.54. The number of aliphatic carboxylic acids is 1. The lowest BCUT2D eigenvalue weighted by Gasteiger charge is -2.30. The standard InChI is InChI=1S/C14H19ClN2O3/c1-14(2,3)11(7-12(18)19)17-13(20)8-4-9(15)6-10(16)5-8/h4-6,11H,7,16H2,1-3H3,(H,17,20)(H,18,19). The zero-order valence-corrected chi connectivity index (χ0v) is 12.5. The van der Waals surface area contributed by atoms with Gasteiger partial charge in [-0.2, -0.15) is 0 Å². The number of carboxylic acid groups (broad SMARTS) is 1. The third-order valence-electron chi connectivity index (χ3n) is 2.91. The summed E-state index contributed by atoms with van der Waals surface area (Å²) < 4.78 is 0. The molecule has 0 saturated heterocycles. The molecule has 20 heavy (non-hydrogen) atoms. The first-order chi connectivity index (χ1) is 9.09. The Morgan fingerprint density at radius 2 is 1.95 bits per heavy atom. The second-order valence-electron chi connectivity index (χ2n) is 5.76. The van der Waals surface area contributed by atoms with Gasteiger partial charge in [0.1, 0.15) is 0 Å². The minimum absolute atomic E-state index is 0.148. The summed E-state index contributed by atoms with van der Waals surface area (Å²) >= 11 is 5.85. The van der Waals surface area contributed by atoms with E-state index in [1.807, 2.05) is 20.8 Å². The van der Waals surface area contributed by atoms with Crippen LogP contribution in [0.3, 0.4) is 0 Å². The lowest BCUT2D eigenvalue weighted by Crippen LogP contribution is -2.45. The van der Waals surface area contributed by atoms with Crippen LogP contribution in [0.15, 0.2) is 18.2 Å². The van der Waals surface area contributed by atoms with Gasteiger partial charge in [-0.1, -0.05) is 32.4 Å². The van der Waals surface area contributed by atoms with Crippen molar-refractivity contribution < 1.29 is 14.7 Å². The number of amides is 1. The average molecular weight is 299 g/mol. The third-order valence-corrected chi connectivity index (χ3v) is 3.13. The van der Waals surface area contributed by atoms with Gasteiger partial charge in [-0.25, -0.2) is 0 Å². The third kappa shape index (κ3) is 4.74. The van der Waals surface area contributed by atoms with Gasteiger partial charge in [0.05, 0.1) is 6.42 Å². The summed E-state index contributed by atoms with van der Waals surface area (Å²) in [4.78, 5) is 23.1. The van der Waals surface area contributed by atoms with Gasteiger partial charge in [-0.05, 0) is 23.6 Å². The molecule has 0 bridgehead atoms. The van der Waals surface area contributed by atoms with Crippen LogP contribution in [0.5, 0.6) is 0 Å². The van der Waals surface area contributed by atoms with Crippen molar-refractivity contribution in [2.75, 3.05) is 5.73 Å². The van der Waals surface area contributed by atoms with Crippen LogP contribution in [0.25, 0.3) is 0 Å². The summed E-state index contributed by atoms with van der Waals surface area (Å²) in [7, 11) is 0. The first kappa shape index (κ1) is 16.3. The molecule has 0 heterocycles. The Hall–Kier alpha value is -1.75. The van der Waals surface area contributed by atoms with Gasteiger partial charge in [-0.15, -0.1) is 0 Å². The van der Waals surface area contributed by atoms with E-state index in [0.29, 0.717) is 16.3 Å². The Morgan fingerprint density at radius 1 is 1.35 bits per heavy atom. The Labute approximate surface area is 123 Å². The van der Waals surface area contributed by atoms with Crippen LogP contribution >= 0.6 is 11.6 Å². The van der Waals surface area contributed by atoms with E-state index in [-0.39, 0.29) is 17.7 Å². The van der Waals surface area contributed by atoms with Crippen molar-refractivity contribution >= 4 is 29.2 Å². The molecule has 0 spiro atoms. The highest BCUT2D eigenvalue weighted by molar-refractivity contribution is 6.31. The van der Waals surface area contributed by atoms with Crippen LogP contribution in [-0.2, 0) is 4.79 Å². The second kappa shape index (κ2) is 6.13. The van der Waals surface area contributed by atoms with E-state index in [0.717, 1.165) is 0 Å². The van der Waals surface area contributed by atoms with Gasteiger partial charge in [0.15, 0.2) is 0 Å². The number of hydrogen-bond donors (Lipinski definition) is 3. The second-order valence-corrected chi connectivity index (χ2v) is 6.20. The Balaban J connectivity index is 2.93. The molecule has 4 N–H and O–H groups in total. The molecule has 6 heteroatoms. The normalized spacial score (nSPS) is 12.8. The molecule has 1 amide bonds. The predicted molar refractivity (Wildman–Crippen MR) is 78.8 cm³/mol. The average Bonchev–Trinajstić information content (AvgIpc) is 2.24. The van der Waals surface area contributed by atoms with E-state index < -0.39 is 12.0 Å². The maximum Gasteiger partial charge on any atom is 0.305 e. The number of nitrogen functional groups attached to an aromatic ring is 1. The SMILES string of the molecule is CC(C)(C)C(CC(=O)O)NC(=O)c1cc(N)cc(Cl)c1. The lowest BCUT2D eigenvalue weighted by atomic mass is 9.84. The largest absolute Gasteiger partial charge is 0.481 e. The zero-order valence-electron chi connectivity index (χ0n) is 11.7. The first-order valence-corrected chi connectivity index (χ1v) is 6.56. The summed E-state index contributed by atoms with van der Waals surface area (Å²) in [6.45, 7) is 5.60. The van der Waals surface area contributed by atoms with Crippen LogP contribution in [-0.4, -0.2) is 23.0 Å².